The van der Waals surface area contributed by atoms with Crippen molar-refractivity contribution in [2.24, 2.45) is 7.05 Å². The summed E-state index contributed by atoms with van der Waals surface area (Å²) in [6.07, 6.45) is 2.72. The lowest BCUT2D eigenvalue weighted by Crippen LogP contribution is -1.96. The lowest BCUT2D eigenvalue weighted by Gasteiger charge is -1.98. The second-order valence-corrected chi connectivity index (χ2v) is 5.04. The van der Waals surface area contributed by atoms with Crippen LogP contribution in [0.4, 0.5) is 0 Å². The summed E-state index contributed by atoms with van der Waals surface area (Å²) in [6.45, 7) is 4.00. The van der Waals surface area contributed by atoms with Crippen LogP contribution in [0.25, 0.3) is 6.08 Å². The number of Topliss-reactive ketones (excluding diaryl/α,β-unsaturated/α-hetero) is 1. The standard InChI is InChI=1S/C16H16N2O/c1-10-15(11(2)18(3)17-10)9-13-8-12-6-4-5-7-14(12)16(13)19/h4-7,9H,8H2,1-3H3/b13-9+. The molecule has 0 unspecified atom stereocenters. The average molecular weight is 252 g/mol. The van der Waals surface area contributed by atoms with Crippen LogP contribution >= 0.6 is 0 Å². The maximum atomic E-state index is 12.3. The maximum Gasteiger partial charge on any atom is 0.189 e. The topological polar surface area (TPSA) is 34.9 Å². The number of allylic oxidation sites excluding steroid dienone is 1. The maximum absolute atomic E-state index is 12.3. The van der Waals surface area contributed by atoms with E-state index in [-0.39, 0.29) is 5.78 Å². The van der Waals surface area contributed by atoms with E-state index in [9.17, 15) is 4.79 Å². The van der Waals surface area contributed by atoms with Crippen LogP contribution < -0.4 is 0 Å². The molecule has 96 valence electrons. The minimum Gasteiger partial charge on any atom is -0.289 e. The average Bonchev–Trinajstić information content (AvgIpc) is 2.83. The van der Waals surface area contributed by atoms with Crippen LogP contribution in [0.2, 0.25) is 0 Å². The van der Waals surface area contributed by atoms with Gasteiger partial charge in [-0.25, -0.2) is 0 Å². The van der Waals surface area contributed by atoms with Crippen molar-refractivity contribution >= 4 is 11.9 Å². The number of hydrogen-bond acceptors (Lipinski definition) is 2. The first-order valence-electron chi connectivity index (χ1n) is 6.41. The Labute approximate surface area is 112 Å². The monoisotopic (exact) mass is 252 g/mol. The molecule has 0 amide bonds. The highest BCUT2D eigenvalue weighted by Crippen LogP contribution is 2.28. The van der Waals surface area contributed by atoms with E-state index in [0.29, 0.717) is 0 Å². The number of benzene rings is 1. The van der Waals surface area contributed by atoms with Gasteiger partial charge in [0.1, 0.15) is 0 Å². The number of rotatable bonds is 1. The van der Waals surface area contributed by atoms with E-state index < -0.39 is 0 Å². The molecule has 3 heteroatoms. The molecule has 1 aromatic carbocycles. The summed E-state index contributed by atoms with van der Waals surface area (Å²) in [6, 6.07) is 7.83. The van der Waals surface area contributed by atoms with Gasteiger partial charge in [0.25, 0.3) is 0 Å². The molecule has 0 atom stereocenters. The Kier molecular flexibility index (Phi) is 2.63. The molecular weight excluding hydrogens is 236 g/mol. The molecule has 0 bridgehead atoms. The third-order valence-electron chi connectivity index (χ3n) is 3.82. The molecule has 1 aliphatic rings. The second-order valence-electron chi connectivity index (χ2n) is 5.04. The van der Waals surface area contributed by atoms with Crippen molar-refractivity contribution in [3.63, 3.8) is 0 Å². The van der Waals surface area contributed by atoms with Gasteiger partial charge in [0, 0.05) is 35.9 Å². The lowest BCUT2D eigenvalue weighted by molar-refractivity contribution is 0.104. The molecule has 0 fully saturated rings. The number of aromatic nitrogens is 2. The molecule has 3 nitrogen and oxygen atoms in total. The molecule has 1 heterocycles. The van der Waals surface area contributed by atoms with Crippen LogP contribution in [-0.2, 0) is 13.5 Å². The van der Waals surface area contributed by atoms with Gasteiger partial charge in [0.05, 0.1) is 5.69 Å². The number of ketones is 1. The number of carbonyl (C=O) groups is 1. The van der Waals surface area contributed by atoms with E-state index in [2.05, 4.69) is 5.10 Å². The fourth-order valence-electron chi connectivity index (χ4n) is 2.64. The largest absolute Gasteiger partial charge is 0.289 e. The molecule has 19 heavy (non-hydrogen) atoms. The molecular formula is C16H16N2O. The highest BCUT2D eigenvalue weighted by Gasteiger charge is 2.24. The Balaban J connectivity index is 2.06. The van der Waals surface area contributed by atoms with Crippen molar-refractivity contribution in [3.05, 3.63) is 57.9 Å². The normalized spacial score (nSPS) is 16.2. The van der Waals surface area contributed by atoms with E-state index >= 15 is 0 Å². The van der Waals surface area contributed by atoms with Crippen LogP contribution in [-0.4, -0.2) is 15.6 Å². The van der Waals surface area contributed by atoms with Crippen LogP contribution in [0.3, 0.4) is 0 Å². The summed E-state index contributed by atoms with van der Waals surface area (Å²) in [7, 11) is 1.93. The van der Waals surface area contributed by atoms with E-state index in [1.807, 2.05) is 55.9 Å². The molecule has 0 aliphatic heterocycles. The Morgan fingerprint density at radius 1 is 1.26 bits per heavy atom. The van der Waals surface area contributed by atoms with E-state index in [0.717, 1.165) is 40.1 Å². The molecule has 1 aliphatic carbocycles. The summed E-state index contributed by atoms with van der Waals surface area (Å²) in [5.41, 5.74) is 5.95. The minimum atomic E-state index is 0.151. The van der Waals surface area contributed by atoms with Crippen molar-refractivity contribution in [2.75, 3.05) is 0 Å². The second kappa shape index (κ2) is 4.19. The highest BCUT2D eigenvalue weighted by atomic mass is 16.1. The first-order valence-corrected chi connectivity index (χ1v) is 6.41. The molecule has 0 N–H and O–H groups in total. The van der Waals surface area contributed by atoms with Crippen molar-refractivity contribution in [3.8, 4) is 0 Å². The lowest BCUT2D eigenvalue weighted by atomic mass is 10.1. The zero-order valence-electron chi connectivity index (χ0n) is 11.4. The third kappa shape index (κ3) is 1.82. The van der Waals surface area contributed by atoms with Gasteiger partial charge in [-0.2, -0.15) is 5.10 Å². The highest BCUT2D eigenvalue weighted by molar-refractivity contribution is 6.15. The van der Waals surface area contributed by atoms with Gasteiger partial charge < -0.3 is 0 Å². The summed E-state index contributed by atoms with van der Waals surface area (Å²) in [4.78, 5) is 12.3. The Morgan fingerprint density at radius 3 is 2.63 bits per heavy atom. The zero-order chi connectivity index (χ0) is 13.6. The summed E-state index contributed by atoms with van der Waals surface area (Å²) >= 11 is 0. The van der Waals surface area contributed by atoms with E-state index in [1.165, 1.54) is 0 Å². The fraction of sp³-hybridized carbons (Fsp3) is 0.250. The molecule has 1 aromatic heterocycles. The zero-order valence-corrected chi connectivity index (χ0v) is 11.4. The predicted octanol–water partition coefficient (Wildman–Crippen LogP) is 2.86. The van der Waals surface area contributed by atoms with E-state index in [1.54, 1.807) is 0 Å². The molecule has 0 saturated carbocycles. The summed E-state index contributed by atoms with van der Waals surface area (Å²) in [5.74, 6) is 0.151. The van der Waals surface area contributed by atoms with Crippen molar-refractivity contribution in [1.82, 2.24) is 9.78 Å². The summed E-state index contributed by atoms with van der Waals surface area (Å²) < 4.78 is 1.86. The van der Waals surface area contributed by atoms with Crippen LogP contribution in [0, 0.1) is 13.8 Å². The molecule has 0 spiro atoms. The van der Waals surface area contributed by atoms with Crippen molar-refractivity contribution in [2.45, 2.75) is 20.3 Å². The van der Waals surface area contributed by atoms with Gasteiger partial charge in [-0.05, 0) is 25.5 Å². The van der Waals surface area contributed by atoms with Crippen molar-refractivity contribution < 1.29 is 4.79 Å². The van der Waals surface area contributed by atoms with Gasteiger partial charge in [0.15, 0.2) is 5.78 Å². The smallest absolute Gasteiger partial charge is 0.189 e. The SMILES string of the molecule is Cc1nn(C)c(C)c1/C=C1\Cc2ccccc2C1=O. The Bertz CT molecular complexity index is 708. The first kappa shape index (κ1) is 11.9. The van der Waals surface area contributed by atoms with Crippen molar-refractivity contribution in [1.29, 1.82) is 0 Å². The van der Waals surface area contributed by atoms with Gasteiger partial charge in [-0.3, -0.25) is 9.48 Å². The summed E-state index contributed by atoms with van der Waals surface area (Å²) in [5, 5.41) is 4.39. The molecule has 0 saturated heterocycles. The first-order chi connectivity index (χ1) is 9.08. The van der Waals surface area contributed by atoms with Gasteiger partial charge in [-0.15, -0.1) is 0 Å². The van der Waals surface area contributed by atoms with Gasteiger partial charge >= 0.3 is 0 Å². The number of aryl methyl sites for hydroxylation is 2. The molecule has 0 radical (unpaired) electrons. The fourth-order valence-corrected chi connectivity index (χ4v) is 2.64. The molecule has 2 aromatic rings. The number of nitrogens with zero attached hydrogens (tertiary/aromatic N) is 2. The number of fused-ring (bicyclic) bond motifs is 1. The van der Waals surface area contributed by atoms with Crippen LogP contribution in [0.1, 0.15) is 32.9 Å². The Hall–Kier alpha value is -2.16. The van der Waals surface area contributed by atoms with E-state index in [4.69, 9.17) is 0 Å². The van der Waals surface area contributed by atoms with Crippen LogP contribution in [0.5, 0.6) is 0 Å². The predicted molar refractivity (Wildman–Crippen MR) is 75.1 cm³/mol. The van der Waals surface area contributed by atoms with Gasteiger partial charge in [0.2, 0.25) is 0 Å². The quantitative estimate of drug-likeness (QED) is 0.731. The minimum absolute atomic E-state index is 0.151. The third-order valence-corrected chi connectivity index (χ3v) is 3.82. The van der Waals surface area contributed by atoms with Crippen LogP contribution in [0.15, 0.2) is 29.8 Å². The number of carbonyl (C=O) groups excluding carboxylic acids is 1. The molecule has 3 rings (SSSR count). The number of hydrogen-bond donors (Lipinski definition) is 0. The Morgan fingerprint density at radius 2 is 2.00 bits per heavy atom. The van der Waals surface area contributed by atoms with Gasteiger partial charge in [-0.1, -0.05) is 24.3 Å².